The number of ether oxygens (including phenoxy) is 1. The van der Waals surface area contributed by atoms with Crippen molar-refractivity contribution >= 4 is 58.3 Å². The van der Waals surface area contributed by atoms with Crippen LogP contribution in [0.5, 0.6) is 0 Å². The van der Waals surface area contributed by atoms with E-state index in [2.05, 4.69) is 5.32 Å². The van der Waals surface area contributed by atoms with Gasteiger partial charge >= 0.3 is 5.97 Å². The Hall–Kier alpha value is -2.02. The molecule has 1 N–H and O–H groups in total. The second-order valence-corrected chi connectivity index (χ2v) is 7.10. The zero-order valence-corrected chi connectivity index (χ0v) is 16.1. The van der Waals surface area contributed by atoms with Gasteiger partial charge < -0.3 is 10.1 Å². The molecule has 0 saturated heterocycles. The summed E-state index contributed by atoms with van der Waals surface area (Å²) in [6, 6.07) is 11.4. The zero-order chi connectivity index (χ0) is 19.1. The second kappa shape index (κ2) is 9.62. The third kappa shape index (κ3) is 6.05. The van der Waals surface area contributed by atoms with Gasteiger partial charge in [0, 0.05) is 9.92 Å². The van der Waals surface area contributed by atoms with Gasteiger partial charge in [0.25, 0.3) is 5.91 Å². The Labute approximate surface area is 165 Å². The number of esters is 1. The van der Waals surface area contributed by atoms with Crippen LogP contribution in [0.15, 0.2) is 47.4 Å². The highest BCUT2D eigenvalue weighted by Crippen LogP contribution is 2.26. The van der Waals surface area contributed by atoms with E-state index in [4.69, 9.17) is 27.9 Å². The Morgan fingerprint density at radius 2 is 1.85 bits per heavy atom. The van der Waals surface area contributed by atoms with Gasteiger partial charge in [-0.15, -0.1) is 11.8 Å². The first-order chi connectivity index (χ1) is 12.4. The lowest BCUT2D eigenvalue weighted by molar-refractivity contribution is -0.119. The van der Waals surface area contributed by atoms with Crippen molar-refractivity contribution < 1.29 is 19.1 Å². The molecule has 0 aromatic heterocycles. The van der Waals surface area contributed by atoms with Gasteiger partial charge in [-0.25, -0.2) is 4.79 Å². The SMILES string of the molecule is CC(=O)CSc1ccccc1C(=O)OCC(=O)Nc1cc(Cl)ccc1Cl. The molecule has 0 aliphatic heterocycles. The fourth-order valence-corrected chi connectivity index (χ4v) is 3.11. The van der Waals surface area contributed by atoms with Gasteiger partial charge in [0.1, 0.15) is 5.78 Å². The minimum atomic E-state index is -0.649. The fraction of sp³-hybridized carbons (Fsp3) is 0.167. The molecule has 0 saturated carbocycles. The average Bonchev–Trinajstić information content (AvgIpc) is 2.61. The predicted octanol–water partition coefficient (Wildman–Crippen LogP) is 4.47. The lowest BCUT2D eigenvalue weighted by Gasteiger charge is -2.10. The van der Waals surface area contributed by atoms with Crippen molar-refractivity contribution in [3.8, 4) is 0 Å². The largest absolute Gasteiger partial charge is 0.452 e. The van der Waals surface area contributed by atoms with Gasteiger partial charge in [-0.05, 0) is 37.3 Å². The van der Waals surface area contributed by atoms with E-state index < -0.39 is 18.5 Å². The van der Waals surface area contributed by atoms with Crippen molar-refractivity contribution in [1.29, 1.82) is 0 Å². The van der Waals surface area contributed by atoms with E-state index in [0.717, 1.165) is 0 Å². The first-order valence-electron chi connectivity index (χ1n) is 7.50. The average molecular weight is 412 g/mol. The van der Waals surface area contributed by atoms with Crippen molar-refractivity contribution in [2.24, 2.45) is 0 Å². The maximum atomic E-state index is 12.2. The molecule has 0 atom stereocenters. The Kier molecular flexibility index (Phi) is 7.50. The number of carbonyl (C=O) groups is 3. The van der Waals surface area contributed by atoms with Gasteiger partial charge in [0.15, 0.2) is 6.61 Å². The molecule has 136 valence electrons. The minimum absolute atomic E-state index is 0.00375. The summed E-state index contributed by atoms with van der Waals surface area (Å²) in [6.07, 6.45) is 0. The number of halogens is 2. The summed E-state index contributed by atoms with van der Waals surface area (Å²) in [5.74, 6) is -0.950. The third-order valence-corrected chi connectivity index (χ3v) is 4.86. The number of hydrogen-bond donors (Lipinski definition) is 1. The lowest BCUT2D eigenvalue weighted by atomic mass is 10.2. The molecule has 0 aliphatic carbocycles. The molecule has 1 amide bonds. The molecule has 5 nitrogen and oxygen atoms in total. The van der Waals surface area contributed by atoms with Crippen LogP contribution in [0.2, 0.25) is 10.0 Å². The molecule has 26 heavy (non-hydrogen) atoms. The first kappa shape index (κ1) is 20.3. The fourth-order valence-electron chi connectivity index (χ4n) is 1.93. The van der Waals surface area contributed by atoms with E-state index in [9.17, 15) is 14.4 Å². The van der Waals surface area contributed by atoms with Crippen molar-refractivity contribution in [1.82, 2.24) is 0 Å². The van der Waals surface area contributed by atoms with E-state index >= 15 is 0 Å². The van der Waals surface area contributed by atoms with Crippen molar-refractivity contribution in [2.75, 3.05) is 17.7 Å². The van der Waals surface area contributed by atoms with Gasteiger partial charge in [-0.1, -0.05) is 35.3 Å². The van der Waals surface area contributed by atoms with Crippen LogP contribution in [0.3, 0.4) is 0 Å². The predicted molar refractivity (Wildman–Crippen MR) is 103 cm³/mol. The van der Waals surface area contributed by atoms with E-state index in [-0.39, 0.29) is 11.5 Å². The molecular weight excluding hydrogens is 397 g/mol. The van der Waals surface area contributed by atoms with Crippen LogP contribution >= 0.6 is 35.0 Å². The van der Waals surface area contributed by atoms with Gasteiger partial charge in [-0.2, -0.15) is 0 Å². The minimum Gasteiger partial charge on any atom is -0.452 e. The van der Waals surface area contributed by atoms with Crippen LogP contribution in [0.1, 0.15) is 17.3 Å². The monoisotopic (exact) mass is 411 g/mol. The van der Waals surface area contributed by atoms with Crippen LogP contribution in [0.4, 0.5) is 5.69 Å². The van der Waals surface area contributed by atoms with Crippen LogP contribution in [-0.2, 0) is 14.3 Å². The molecule has 0 heterocycles. The molecule has 0 aliphatic rings. The number of amides is 1. The molecular formula is C18H15Cl2NO4S. The van der Waals surface area contributed by atoms with Crippen molar-refractivity contribution in [2.45, 2.75) is 11.8 Å². The number of anilines is 1. The Morgan fingerprint density at radius 3 is 2.58 bits per heavy atom. The molecule has 0 bridgehead atoms. The maximum absolute atomic E-state index is 12.2. The van der Waals surface area contributed by atoms with Crippen LogP contribution < -0.4 is 5.32 Å². The second-order valence-electron chi connectivity index (χ2n) is 5.24. The Morgan fingerprint density at radius 1 is 1.12 bits per heavy atom. The van der Waals surface area contributed by atoms with E-state index in [0.29, 0.717) is 26.2 Å². The van der Waals surface area contributed by atoms with Gasteiger partial charge in [0.05, 0.1) is 22.0 Å². The molecule has 0 radical (unpaired) electrons. The standard InChI is InChI=1S/C18H15Cl2NO4S/c1-11(22)10-26-16-5-3-2-4-13(16)18(24)25-9-17(23)21-15-8-12(19)6-7-14(15)20/h2-8H,9-10H2,1H3,(H,21,23). The van der Waals surface area contributed by atoms with Crippen LogP contribution in [0, 0.1) is 0 Å². The number of ketones is 1. The van der Waals surface area contributed by atoms with E-state index in [1.165, 1.54) is 24.8 Å². The highest BCUT2D eigenvalue weighted by molar-refractivity contribution is 8.00. The zero-order valence-electron chi connectivity index (χ0n) is 13.8. The highest BCUT2D eigenvalue weighted by atomic mass is 35.5. The summed E-state index contributed by atoms with van der Waals surface area (Å²) < 4.78 is 5.05. The quantitative estimate of drug-likeness (QED) is 0.537. The number of benzene rings is 2. The van der Waals surface area contributed by atoms with Crippen molar-refractivity contribution in [3.63, 3.8) is 0 Å². The summed E-state index contributed by atoms with van der Waals surface area (Å²) in [6.45, 7) is 0.993. The van der Waals surface area contributed by atoms with Gasteiger partial charge in [-0.3, -0.25) is 9.59 Å². The maximum Gasteiger partial charge on any atom is 0.339 e. The summed E-state index contributed by atoms with van der Waals surface area (Å²) in [5.41, 5.74) is 0.630. The third-order valence-electron chi connectivity index (χ3n) is 3.07. The molecule has 2 aromatic carbocycles. The topological polar surface area (TPSA) is 72.5 Å². The molecule has 0 fully saturated rings. The number of hydrogen-bond acceptors (Lipinski definition) is 5. The summed E-state index contributed by atoms with van der Waals surface area (Å²) >= 11 is 13.1. The Bertz CT molecular complexity index is 842. The number of nitrogens with one attached hydrogen (secondary N) is 1. The molecule has 0 unspecified atom stereocenters. The number of rotatable bonds is 7. The van der Waals surface area contributed by atoms with Gasteiger partial charge in [0.2, 0.25) is 0 Å². The van der Waals surface area contributed by atoms with Crippen LogP contribution in [-0.4, -0.2) is 30.0 Å². The molecule has 0 spiro atoms. The number of carbonyl (C=O) groups excluding carboxylic acids is 3. The smallest absolute Gasteiger partial charge is 0.339 e. The number of Topliss-reactive ketones (excluding diaryl/α,β-unsaturated/α-hetero) is 1. The molecule has 2 aromatic rings. The van der Waals surface area contributed by atoms with E-state index in [1.54, 1.807) is 36.4 Å². The highest BCUT2D eigenvalue weighted by Gasteiger charge is 2.15. The molecule has 2 rings (SSSR count). The van der Waals surface area contributed by atoms with Crippen LogP contribution in [0.25, 0.3) is 0 Å². The number of thioether (sulfide) groups is 1. The van der Waals surface area contributed by atoms with Crippen molar-refractivity contribution in [3.05, 3.63) is 58.1 Å². The van der Waals surface area contributed by atoms with E-state index in [1.807, 2.05) is 0 Å². The molecule has 8 heteroatoms. The lowest BCUT2D eigenvalue weighted by Crippen LogP contribution is -2.21. The summed E-state index contributed by atoms with van der Waals surface area (Å²) in [7, 11) is 0. The summed E-state index contributed by atoms with van der Waals surface area (Å²) in [5, 5.41) is 3.26. The Balaban J connectivity index is 1.97. The summed E-state index contributed by atoms with van der Waals surface area (Å²) in [4.78, 5) is 36.0. The normalized spacial score (nSPS) is 10.3. The first-order valence-corrected chi connectivity index (χ1v) is 9.24.